The van der Waals surface area contributed by atoms with Gasteiger partial charge in [-0.25, -0.2) is 0 Å². The smallest absolute Gasteiger partial charge is 0.416 e. The summed E-state index contributed by atoms with van der Waals surface area (Å²) >= 11 is 5.70. The lowest BCUT2D eigenvalue weighted by Crippen LogP contribution is -2.06. The minimum absolute atomic E-state index is 0.0820. The summed E-state index contributed by atoms with van der Waals surface area (Å²) in [7, 11) is 0. The van der Waals surface area contributed by atoms with Crippen LogP contribution >= 0.6 is 11.6 Å². The lowest BCUT2D eigenvalue weighted by Gasteiger charge is -2.08. The molecule has 2 aromatic carbocycles. The van der Waals surface area contributed by atoms with Crippen molar-refractivity contribution in [2.75, 3.05) is 5.43 Å². The maximum Gasteiger partial charge on any atom is 0.416 e. The van der Waals surface area contributed by atoms with Crippen LogP contribution in [0.2, 0.25) is 5.02 Å². The zero-order valence-electron chi connectivity index (χ0n) is 12.9. The molecule has 0 bridgehead atoms. The first-order chi connectivity index (χ1) is 12.5. The highest BCUT2D eigenvalue weighted by Crippen LogP contribution is 2.35. The number of hydrogen-bond acceptors (Lipinski definition) is 7. The first kappa shape index (κ1) is 19.9. The Hall–Kier alpha value is -3.41. The zero-order chi connectivity index (χ0) is 20.4. The van der Waals surface area contributed by atoms with E-state index in [4.69, 9.17) is 11.6 Å². The number of hydrazone groups is 1. The van der Waals surface area contributed by atoms with Crippen molar-refractivity contribution in [3.63, 3.8) is 0 Å². The van der Waals surface area contributed by atoms with E-state index in [1.807, 2.05) is 0 Å². The van der Waals surface area contributed by atoms with Crippen molar-refractivity contribution in [2.24, 2.45) is 5.10 Å². The molecule has 27 heavy (non-hydrogen) atoms. The molecule has 0 amide bonds. The molecular formula is C14H8ClF3N4O5. The van der Waals surface area contributed by atoms with Crippen LogP contribution in [0.4, 0.5) is 30.2 Å². The third-order valence-electron chi connectivity index (χ3n) is 3.19. The van der Waals surface area contributed by atoms with Crippen LogP contribution in [0.1, 0.15) is 11.1 Å². The largest absolute Gasteiger partial charge is 0.502 e. The topological polar surface area (TPSA) is 131 Å². The molecule has 0 aliphatic rings. The summed E-state index contributed by atoms with van der Waals surface area (Å²) in [4.78, 5) is 19.9. The highest BCUT2D eigenvalue weighted by molar-refractivity contribution is 6.31. The van der Waals surface area contributed by atoms with Crippen molar-refractivity contribution in [1.29, 1.82) is 0 Å². The average molecular weight is 405 g/mol. The van der Waals surface area contributed by atoms with Gasteiger partial charge >= 0.3 is 11.9 Å². The lowest BCUT2D eigenvalue weighted by atomic mass is 10.1. The van der Waals surface area contributed by atoms with Gasteiger partial charge in [-0.15, -0.1) is 0 Å². The Morgan fingerprint density at radius 1 is 1.11 bits per heavy atom. The van der Waals surface area contributed by atoms with E-state index in [2.05, 4.69) is 10.5 Å². The van der Waals surface area contributed by atoms with Gasteiger partial charge < -0.3 is 5.11 Å². The van der Waals surface area contributed by atoms with Gasteiger partial charge in [0.25, 0.3) is 5.69 Å². The maximum absolute atomic E-state index is 12.7. The number of alkyl halides is 3. The van der Waals surface area contributed by atoms with E-state index in [1.54, 1.807) is 0 Å². The van der Waals surface area contributed by atoms with Gasteiger partial charge in [0.1, 0.15) is 5.69 Å². The van der Waals surface area contributed by atoms with E-state index in [0.717, 1.165) is 24.4 Å². The molecule has 0 aromatic heterocycles. The molecule has 2 rings (SSSR count). The summed E-state index contributed by atoms with van der Waals surface area (Å²) < 4.78 is 38.0. The second-order valence-corrected chi connectivity index (χ2v) is 5.41. The summed E-state index contributed by atoms with van der Waals surface area (Å²) in [5.74, 6) is -0.753. The third kappa shape index (κ3) is 4.61. The molecule has 142 valence electrons. The van der Waals surface area contributed by atoms with Crippen LogP contribution in [0.25, 0.3) is 0 Å². The molecule has 0 atom stereocenters. The molecule has 0 unspecified atom stereocenters. The number of anilines is 1. The van der Waals surface area contributed by atoms with Gasteiger partial charge in [0, 0.05) is 22.7 Å². The summed E-state index contributed by atoms with van der Waals surface area (Å²) in [5.41, 5.74) is -1.18. The van der Waals surface area contributed by atoms with Crippen LogP contribution in [-0.2, 0) is 6.18 Å². The Kier molecular flexibility index (Phi) is 5.49. The Morgan fingerprint density at radius 2 is 1.74 bits per heavy atom. The number of nitro groups is 2. The number of halogens is 4. The molecule has 9 nitrogen and oxygen atoms in total. The van der Waals surface area contributed by atoms with Crippen LogP contribution in [0.15, 0.2) is 35.4 Å². The molecule has 13 heteroatoms. The molecule has 0 spiro atoms. The monoisotopic (exact) mass is 404 g/mol. The van der Waals surface area contributed by atoms with Crippen LogP contribution in [-0.4, -0.2) is 21.2 Å². The first-order valence-corrected chi connectivity index (χ1v) is 7.20. The molecule has 0 saturated heterocycles. The highest BCUT2D eigenvalue weighted by Gasteiger charge is 2.33. The van der Waals surface area contributed by atoms with Crippen molar-refractivity contribution in [2.45, 2.75) is 6.18 Å². The minimum Gasteiger partial charge on any atom is -0.502 e. The fourth-order valence-corrected chi connectivity index (χ4v) is 2.19. The molecule has 0 aliphatic carbocycles. The fraction of sp³-hybridized carbons (Fsp3) is 0.0714. The number of benzene rings is 2. The highest BCUT2D eigenvalue weighted by atomic mass is 35.5. The van der Waals surface area contributed by atoms with Crippen LogP contribution in [0, 0.1) is 20.2 Å². The molecule has 2 aromatic rings. The van der Waals surface area contributed by atoms with E-state index >= 15 is 0 Å². The maximum atomic E-state index is 12.7. The number of nitrogens with one attached hydrogen (secondary N) is 1. The molecule has 0 fully saturated rings. The van der Waals surface area contributed by atoms with E-state index in [0.29, 0.717) is 12.1 Å². The average Bonchev–Trinajstić information content (AvgIpc) is 2.56. The molecular weight excluding hydrogens is 397 g/mol. The molecule has 2 N–H and O–H groups in total. The Bertz CT molecular complexity index is 949. The number of nitro benzene ring substituents is 2. The van der Waals surface area contributed by atoms with Crippen molar-refractivity contribution in [1.82, 2.24) is 0 Å². The van der Waals surface area contributed by atoms with Gasteiger partial charge in [0.05, 0.1) is 21.6 Å². The quantitative estimate of drug-likeness (QED) is 0.433. The summed E-state index contributed by atoms with van der Waals surface area (Å²) in [6.07, 6.45) is -3.90. The summed E-state index contributed by atoms with van der Waals surface area (Å²) in [5, 5.41) is 35.0. The van der Waals surface area contributed by atoms with Crippen molar-refractivity contribution in [3.05, 3.63) is 66.7 Å². The van der Waals surface area contributed by atoms with Gasteiger partial charge in [-0.1, -0.05) is 11.6 Å². The first-order valence-electron chi connectivity index (χ1n) is 6.82. The second kappa shape index (κ2) is 7.45. The van der Waals surface area contributed by atoms with E-state index in [9.17, 15) is 38.5 Å². The summed E-state index contributed by atoms with van der Waals surface area (Å²) in [6, 6.07) is 3.79. The summed E-state index contributed by atoms with van der Waals surface area (Å²) in [6.45, 7) is 0. The number of nitrogens with zero attached hydrogens (tertiary/aromatic N) is 3. The van der Waals surface area contributed by atoms with E-state index in [-0.39, 0.29) is 16.3 Å². The lowest BCUT2D eigenvalue weighted by molar-refractivity contribution is -0.385. The number of phenols is 1. The Balaban J connectivity index is 2.34. The van der Waals surface area contributed by atoms with Gasteiger partial charge in [-0.05, 0) is 18.2 Å². The van der Waals surface area contributed by atoms with E-state index in [1.165, 1.54) is 0 Å². The fourth-order valence-electron chi connectivity index (χ4n) is 1.97. The van der Waals surface area contributed by atoms with Gasteiger partial charge in [-0.3, -0.25) is 25.7 Å². The van der Waals surface area contributed by atoms with Crippen molar-refractivity contribution >= 4 is 34.9 Å². The molecule has 0 heterocycles. The van der Waals surface area contributed by atoms with Gasteiger partial charge in [-0.2, -0.15) is 18.3 Å². The van der Waals surface area contributed by atoms with Crippen molar-refractivity contribution < 1.29 is 28.1 Å². The molecule has 0 aliphatic heterocycles. The molecule has 0 radical (unpaired) electrons. The van der Waals surface area contributed by atoms with Gasteiger partial charge in [0.2, 0.25) is 5.75 Å². The normalized spacial score (nSPS) is 11.6. The Labute approximate surface area is 153 Å². The Morgan fingerprint density at radius 3 is 2.30 bits per heavy atom. The number of aromatic hydroxyl groups is 1. The van der Waals surface area contributed by atoms with Crippen LogP contribution in [0.5, 0.6) is 5.75 Å². The van der Waals surface area contributed by atoms with Gasteiger partial charge in [0.15, 0.2) is 0 Å². The number of hydrogen-bond donors (Lipinski definition) is 2. The van der Waals surface area contributed by atoms with E-state index < -0.39 is 38.7 Å². The molecule has 0 saturated carbocycles. The number of rotatable bonds is 5. The minimum atomic E-state index is -4.77. The predicted octanol–water partition coefficient (Wildman–Crippen LogP) is 4.33. The predicted molar refractivity (Wildman–Crippen MR) is 89.1 cm³/mol. The SMILES string of the molecule is O=[N+]([O-])c1cc(C(F)(F)F)ccc1N/N=C/c1cc(Cl)cc([N+](=O)[O-])c1O. The van der Waals surface area contributed by atoms with Crippen molar-refractivity contribution in [3.8, 4) is 5.75 Å². The standard InChI is InChI=1S/C14H8ClF3N4O5/c15-9-3-7(13(23)12(5-9)22(26)27)6-19-20-10-2-1-8(14(16,17)18)4-11(10)21(24)25/h1-6,20,23H/b19-6+. The van der Waals surface area contributed by atoms with Crippen LogP contribution < -0.4 is 5.43 Å². The number of phenolic OH excluding ortho intramolecular Hbond substituents is 1. The second-order valence-electron chi connectivity index (χ2n) is 4.98. The zero-order valence-corrected chi connectivity index (χ0v) is 13.7. The third-order valence-corrected chi connectivity index (χ3v) is 3.41. The van der Waals surface area contributed by atoms with Crippen LogP contribution in [0.3, 0.4) is 0 Å².